The lowest BCUT2D eigenvalue weighted by molar-refractivity contribution is 0.0952. The van der Waals surface area contributed by atoms with Crippen molar-refractivity contribution in [2.24, 2.45) is 5.92 Å². The molecule has 0 aliphatic rings. The Morgan fingerprint density at radius 3 is 2.50 bits per heavy atom. The molecule has 0 spiro atoms. The number of methoxy groups -OCH3 is 1. The third-order valence-corrected chi connectivity index (χ3v) is 3.88. The van der Waals surface area contributed by atoms with E-state index in [4.69, 9.17) is 9.47 Å². The van der Waals surface area contributed by atoms with Crippen LogP contribution in [0.3, 0.4) is 0 Å². The fraction of sp³-hybridized carbons (Fsp3) is 0.316. The van der Waals surface area contributed by atoms with Crippen molar-refractivity contribution in [2.75, 3.05) is 19.0 Å². The number of anilines is 1. The summed E-state index contributed by atoms with van der Waals surface area (Å²) in [5, 5.41) is 2.88. The molecule has 0 saturated carbocycles. The molecule has 0 saturated heterocycles. The molecule has 2 aromatic rings. The minimum Gasteiger partial charge on any atom is -0.496 e. The van der Waals surface area contributed by atoms with Crippen molar-refractivity contribution in [3.8, 4) is 5.75 Å². The van der Waals surface area contributed by atoms with Gasteiger partial charge in [0, 0.05) is 27.9 Å². The second kappa shape index (κ2) is 8.85. The van der Waals surface area contributed by atoms with Gasteiger partial charge in [-0.25, -0.2) is 0 Å². The van der Waals surface area contributed by atoms with E-state index in [0.717, 1.165) is 21.5 Å². The summed E-state index contributed by atoms with van der Waals surface area (Å²) in [6.07, 6.45) is 0. The molecule has 0 unspecified atom stereocenters. The summed E-state index contributed by atoms with van der Waals surface area (Å²) in [5.41, 5.74) is 2.18. The maximum absolute atomic E-state index is 12.4. The second-order valence-electron chi connectivity index (χ2n) is 5.90. The minimum atomic E-state index is -0.162. The molecule has 5 heteroatoms. The Kier molecular flexibility index (Phi) is 6.82. The number of hydrogen-bond donors (Lipinski definition) is 1. The van der Waals surface area contributed by atoms with Crippen molar-refractivity contribution in [3.05, 3.63) is 58.1 Å². The van der Waals surface area contributed by atoms with E-state index >= 15 is 0 Å². The molecule has 0 radical (unpaired) electrons. The lowest BCUT2D eigenvalue weighted by Crippen LogP contribution is -2.12. The van der Waals surface area contributed by atoms with E-state index < -0.39 is 0 Å². The average Bonchev–Trinajstić information content (AvgIpc) is 2.56. The summed E-state index contributed by atoms with van der Waals surface area (Å²) in [4.78, 5) is 12.4. The van der Waals surface area contributed by atoms with Crippen LogP contribution in [0.25, 0.3) is 0 Å². The van der Waals surface area contributed by atoms with Gasteiger partial charge in [-0.2, -0.15) is 0 Å². The highest BCUT2D eigenvalue weighted by molar-refractivity contribution is 9.10. The summed E-state index contributed by atoms with van der Waals surface area (Å²) < 4.78 is 12.0. The molecular weight excluding hydrogens is 370 g/mol. The maximum Gasteiger partial charge on any atom is 0.255 e. The molecule has 2 aromatic carbocycles. The number of carbonyl (C=O) groups excluding carboxylic acids is 1. The van der Waals surface area contributed by atoms with Crippen LogP contribution < -0.4 is 10.1 Å². The van der Waals surface area contributed by atoms with Crippen LogP contribution in [0.2, 0.25) is 0 Å². The summed E-state index contributed by atoms with van der Waals surface area (Å²) >= 11 is 3.38. The van der Waals surface area contributed by atoms with Crippen LogP contribution in [0.1, 0.15) is 29.8 Å². The van der Waals surface area contributed by atoms with Crippen molar-refractivity contribution in [3.63, 3.8) is 0 Å². The van der Waals surface area contributed by atoms with Gasteiger partial charge in [-0.1, -0.05) is 29.8 Å². The van der Waals surface area contributed by atoms with Crippen molar-refractivity contribution in [1.82, 2.24) is 0 Å². The van der Waals surface area contributed by atoms with Gasteiger partial charge in [0.2, 0.25) is 0 Å². The number of hydrogen-bond acceptors (Lipinski definition) is 3. The second-order valence-corrected chi connectivity index (χ2v) is 6.81. The number of nitrogens with one attached hydrogen (secondary N) is 1. The van der Waals surface area contributed by atoms with Crippen molar-refractivity contribution in [2.45, 2.75) is 20.5 Å². The molecule has 0 aliphatic heterocycles. The quantitative estimate of drug-likeness (QED) is 0.731. The summed E-state index contributed by atoms with van der Waals surface area (Å²) in [6, 6.07) is 12.8. The van der Waals surface area contributed by atoms with Crippen molar-refractivity contribution < 1.29 is 14.3 Å². The molecular formula is C19H22BrNO3. The van der Waals surface area contributed by atoms with E-state index in [0.29, 0.717) is 24.7 Å². The first kappa shape index (κ1) is 18.5. The van der Waals surface area contributed by atoms with Gasteiger partial charge in [0.25, 0.3) is 5.91 Å². The number of ether oxygens (including phenoxy) is 2. The van der Waals surface area contributed by atoms with Crippen LogP contribution in [-0.2, 0) is 11.3 Å². The van der Waals surface area contributed by atoms with Crippen LogP contribution >= 0.6 is 15.9 Å². The van der Waals surface area contributed by atoms with Gasteiger partial charge in [-0.05, 0) is 48.4 Å². The molecule has 0 aliphatic carbocycles. The molecule has 0 fully saturated rings. The van der Waals surface area contributed by atoms with Crippen LogP contribution in [0.15, 0.2) is 46.9 Å². The molecule has 0 heterocycles. The van der Waals surface area contributed by atoms with Gasteiger partial charge < -0.3 is 14.8 Å². The molecule has 0 bridgehead atoms. The molecule has 0 atom stereocenters. The van der Waals surface area contributed by atoms with Crippen LogP contribution in [-0.4, -0.2) is 19.6 Å². The van der Waals surface area contributed by atoms with Crippen LogP contribution in [0.4, 0.5) is 5.69 Å². The third-order valence-electron chi connectivity index (χ3n) is 3.35. The Morgan fingerprint density at radius 1 is 1.17 bits per heavy atom. The van der Waals surface area contributed by atoms with Gasteiger partial charge in [0.1, 0.15) is 5.75 Å². The molecule has 1 N–H and O–H groups in total. The van der Waals surface area contributed by atoms with Crippen LogP contribution in [0, 0.1) is 5.92 Å². The summed E-state index contributed by atoms with van der Waals surface area (Å²) in [7, 11) is 1.61. The molecule has 24 heavy (non-hydrogen) atoms. The zero-order chi connectivity index (χ0) is 17.5. The predicted octanol–water partition coefficient (Wildman–Crippen LogP) is 4.88. The van der Waals surface area contributed by atoms with E-state index in [2.05, 4.69) is 35.1 Å². The van der Waals surface area contributed by atoms with Crippen molar-refractivity contribution >= 4 is 27.5 Å². The highest BCUT2D eigenvalue weighted by Gasteiger charge is 2.11. The molecule has 1 amide bonds. The standard InChI is InChI=1S/C19H22BrNO3/c1-13(2)11-24-12-15-10-14(4-9-18(15)23-3)19(22)21-17-7-5-16(20)6-8-17/h4-10,13H,11-12H2,1-3H3,(H,21,22). The zero-order valence-corrected chi connectivity index (χ0v) is 15.7. The van der Waals surface area contributed by atoms with Gasteiger partial charge >= 0.3 is 0 Å². The molecule has 128 valence electrons. The van der Waals surface area contributed by atoms with E-state index in [1.54, 1.807) is 19.2 Å². The first-order valence-electron chi connectivity index (χ1n) is 7.81. The Balaban J connectivity index is 2.11. The van der Waals surface area contributed by atoms with Gasteiger partial charge in [0.05, 0.1) is 13.7 Å². The molecule has 4 nitrogen and oxygen atoms in total. The predicted molar refractivity (Wildman–Crippen MR) is 99.6 cm³/mol. The van der Waals surface area contributed by atoms with E-state index in [9.17, 15) is 4.79 Å². The monoisotopic (exact) mass is 391 g/mol. The molecule has 0 aromatic heterocycles. The minimum absolute atomic E-state index is 0.162. The number of amides is 1. The van der Waals surface area contributed by atoms with E-state index in [-0.39, 0.29) is 5.91 Å². The fourth-order valence-electron chi connectivity index (χ4n) is 2.17. The average molecular weight is 392 g/mol. The first-order chi connectivity index (χ1) is 11.5. The smallest absolute Gasteiger partial charge is 0.255 e. The fourth-order valence-corrected chi connectivity index (χ4v) is 2.44. The number of carbonyl (C=O) groups is 1. The number of benzene rings is 2. The van der Waals surface area contributed by atoms with Gasteiger partial charge in [-0.15, -0.1) is 0 Å². The topological polar surface area (TPSA) is 47.6 Å². The Bertz CT molecular complexity index is 684. The highest BCUT2D eigenvalue weighted by Crippen LogP contribution is 2.22. The Labute approximate surface area is 151 Å². The normalized spacial score (nSPS) is 10.7. The highest BCUT2D eigenvalue weighted by atomic mass is 79.9. The van der Waals surface area contributed by atoms with E-state index in [1.165, 1.54) is 0 Å². The largest absolute Gasteiger partial charge is 0.496 e. The zero-order valence-electron chi connectivity index (χ0n) is 14.1. The van der Waals surface area contributed by atoms with E-state index in [1.807, 2.05) is 30.3 Å². The third kappa shape index (κ3) is 5.35. The Hall–Kier alpha value is -1.85. The van der Waals surface area contributed by atoms with Crippen LogP contribution in [0.5, 0.6) is 5.75 Å². The van der Waals surface area contributed by atoms with Gasteiger partial charge in [0.15, 0.2) is 0 Å². The SMILES string of the molecule is COc1ccc(C(=O)Nc2ccc(Br)cc2)cc1COCC(C)C. The number of rotatable bonds is 7. The lowest BCUT2D eigenvalue weighted by atomic mass is 10.1. The van der Waals surface area contributed by atoms with Gasteiger partial charge in [-0.3, -0.25) is 4.79 Å². The molecule has 2 rings (SSSR count). The Morgan fingerprint density at radius 2 is 1.88 bits per heavy atom. The summed E-state index contributed by atoms with van der Waals surface area (Å²) in [6.45, 7) is 5.28. The maximum atomic E-state index is 12.4. The lowest BCUT2D eigenvalue weighted by Gasteiger charge is -2.12. The first-order valence-corrected chi connectivity index (χ1v) is 8.60. The summed E-state index contributed by atoms with van der Waals surface area (Å²) in [5.74, 6) is 1.02. The van der Waals surface area contributed by atoms with Crippen molar-refractivity contribution in [1.29, 1.82) is 0 Å². The number of halogens is 1.